The fraction of sp³-hybridized carbons (Fsp3) is 0.467. The van der Waals surface area contributed by atoms with Gasteiger partial charge in [0.1, 0.15) is 12.6 Å². The van der Waals surface area contributed by atoms with Crippen LogP contribution in [0.1, 0.15) is 25.0 Å². The van der Waals surface area contributed by atoms with Gasteiger partial charge >= 0.3 is 5.97 Å². The van der Waals surface area contributed by atoms with E-state index in [0.29, 0.717) is 5.69 Å². The predicted molar refractivity (Wildman–Crippen MR) is 78.2 cm³/mol. The minimum Gasteiger partial charge on any atom is -0.480 e. The van der Waals surface area contributed by atoms with Gasteiger partial charge in [-0.2, -0.15) is 0 Å². The maximum Gasteiger partial charge on any atom is 0.323 e. The Hall–Kier alpha value is -2.04. The van der Waals surface area contributed by atoms with Gasteiger partial charge in [0.25, 0.3) is 0 Å². The van der Waals surface area contributed by atoms with E-state index in [1.165, 1.54) is 4.90 Å². The molecule has 0 radical (unpaired) electrons. The molecule has 1 unspecified atom stereocenters. The van der Waals surface area contributed by atoms with Crippen molar-refractivity contribution >= 4 is 23.3 Å². The summed E-state index contributed by atoms with van der Waals surface area (Å²) in [5.41, 5.74) is 3.63. The molecule has 0 spiro atoms. The summed E-state index contributed by atoms with van der Waals surface area (Å²) < 4.78 is 0. The van der Waals surface area contributed by atoms with E-state index in [1.54, 1.807) is 0 Å². The summed E-state index contributed by atoms with van der Waals surface area (Å²) in [5, 5.41) is 12.3. The van der Waals surface area contributed by atoms with Crippen molar-refractivity contribution in [3.8, 4) is 0 Å². The number of carbonyl (C=O) groups excluding carboxylic acids is 1. The molecular weight excluding hydrogens is 256 g/mol. The van der Waals surface area contributed by atoms with Crippen molar-refractivity contribution in [2.24, 2.45) is 5.92 Å². The summed E-state index contributed by atoms with van der Waals surface area (Å²) in [5.74, 6) is -1.10. The molecule has 1 heterocycles. The summed E-state index contributed by atoms with van der Waals surface area (Å²) in [7, 11) is 0. The second-order valence-corrected chi connectivity index (χ2v) is 5.64. The minimum absolute atomic E-state index is 0.0913. The second-order valence-electron chi connectivity index (χ2n) is 5.64. The Kier molecular flexibility index (Phi) is 3.70. The number of hydrogen-bond acceptors (Lipinski definition) is 3. The van der Waals surface area contributed by atoms with E-state index in [9.17, 15) is 9.59 Å². The molecule has 108 valence electrons. The number of rotatable bonds is 3. The molecule has 1 aliphatic heterocycles. The number of fused-ring (bicyclic) bond motifs is 1. The van der Waals surface area contributed by atoms with E-state index >= 15 is 0 Å². The van der Waals surface area contributed by atoms with Crippen LogP contribution < -0.4 is 10.2 Å². The zero-order valence-corrected chi connectivity index (χ0v) is 12.2. The van der Waals surface area contributed by atoms with Crippen LogP contribution in [0, 0.1) is 19.8 Å². The molecule has 0 bridgehead atoms. The van der Waals surface area contributed by atoms with Crippen molar-refractivity contribution in [3.05, 3.63) is 23.3 Å². The highest BCUT2D eigenvalue weighted by molar-refractivity contribution is 6.07. The lowest BCUT2D eigenvalue weighted by Crippen LogP contribution is -2.51. The second kappa shape index (κ2) is 5.15. The summed E-state index contributed by atoms with van der Waals surface area (Å²) in [6, 6.07) is 3.46. The highest BCUT2D eigenvalue weighted by Crippen LogP contribution is 2.35. The van der Waals surface area contributed by atoms with Crippen molar-refractivity contribution in [1.82, 2.24) is 0 Å². The van der Waals surface area contributed by atoms with Crippen LogP contribution in [0.15, 0.2) is 12.1 Å². The zero-order chi connectivity index (χ0) is 15.0. The Morgan fingerprint density at radius 2 is 1.95 bits per heavy atom. The first-order valence-corrected chi connectivity index (χ1v) is 6.72. The van der Waals surface area contributed by atoms with E-state index in [2.05, 4.69) is 5.32 Å². The number of carboxylic acid groups (broad SMARTS) is 1. The van der Waals surface area contributed by atoms with Crippen molar-refractivity contribution in [2.45, 2.75) is 33.7 Å². The Morgan fingerprint density at radius 1 is 1.35 bits per heavy atom. The summed E-state index contributed by atoms with van der Waals surface area (Å²) in [4.78, 5) is 24.9. The van der Waals surface area contributed by atoms with E-state index < -0.39 is 5.97 Å². The van der Waals surface area contributed by atoms with Crippen molar-refractivity contribution in [2.75, 3.05) is 16.8 Å². The summed E-state index contributed by atoms with van der Waals surface area (Å²) in [6.45, 7) is 7.54. The lowest BCUT2D eigenvalue weighted by molar-refractivity contribution is -0.136. The molecule has 2 N–H and O–H groups in total. The van der Waals surface area contributed by atoms with Crippen molar-refractivity contribution < 1.29 is 14.7 Å². The Labute approximate surface area is 118 Å². The van der Waals surface area contributed by atoms with Crippen LogP contribution in [0.4, 0.5) is 11.4 Å². The van der Waals surface area contributed by atoms with Gasteiger partial charge in [0.05, 0.1) is 11.4 Å². The third-order valence-electron chi connectivity index (χ3n) is 3.71. The van der Waals surface area contributed by atoms with E-state index in [1.807, 2.05) is 39.8 Å². The van der Waals surface area contributed by atoms with E-state index in [4.69, 9.17) is 5.11 Å². The molecule has 20 heavy (non-hydrogen) atoms. The first-order valence-electron chi connectivity index (χ1n) is 6.72. The van der Waals surface area contributed by atoms with Crippen LogP contribution in [0.25, 0.3) is 0 Å². The average molecular weight is 276 g/mol. The first kappa shape index (κ1) is 14.4. The number of benzene rings is 1. The van der Waals surface area contributed by atoms with Crippen LogP contribution in [-0.4, -0.2) is 29.6 Å². The number of aryl methyl sites for hydroxylation is 2. The summed E-state index contributed by atoms with van der Waals surface area (Å²) >= 11 is 0. The Bertz CT molecular complexity index is 566. The van der Waals surface area contributed by atoms with Crippen LogP contribution in [-0.2, 0) is 9.59 Å². The minimum atomic E-state index is -1.01. The van der Waals surface area contributed by atoms with Gasteiger partial charge in [-0.15, -0.1) is 0 Å². The SMILES string of the molecule is Cc1cc2c(cc1C)N(CC(=O)O)C(=O)C(C(C)C)N2. The molecule has 1 atom stereocenters. The molecule has 0 fully saturated rings. The van der Waals surface area contributed by atoms with Gasteiger partial charge in [-0.1, -0.05) is 13.8 Å². The molecule has 1 aromatic carbocycles. The monoisotopic (exact) mass is 276 g/mol. The van der Waals surface area contributed by atoms with E-state index in [-0.39, 0.29) is 24.4 Å². The van der Waals surface area contributed by atoms with Gasteiger partial charge in [-0.25, -0.2) is 0 Å². The normalized spacial score (nSPS) is 17.9. The molecule has 1 amide bonds. The predicted octanol–water partition coefficient (Wildman–Crippen LogP) is 2.17. The Morgan fingerprint density at radius 3 is 2.50 bits per heavy atom. The number of carbonyl (C=O) groups is 2. The number of nitrogens with one attached hydrogen (secondary N) is 1. The Balaban J connectivity index is 2.52. The molecular formula is C15H20N2O3. The third kappa shape index (κ3) is 2.48. The zero-order valence-electron chi connectivity index (χ0n) is 12.2. The fourth-order valence-corrected chi connectivity index (χ4v) is 2.41. The molecule has 0 aromatic heterocycles. The number of hydrogen-bond donors (Lipinski definition) is 2. The smallest absolute Gasteiger partial charge is 0.323 e. The van der Waals surface area contributed by atoms with Gasteiger partial charge in [-0.3, -0.25) is 14.5 Å². The van der Waals surface area contributed by atoms with E-state index in [0.717, 1.165) is 16.8 Å². The molecule has 0 aliphatic carbocycles. The fourth-order valence-electron chi connectivity index (χ4n) is 2.41. The van der Waals surface area contributed by atoms with Crippen LogP contribution >= 0.6 is 0 Å². The van der Waals surface area contributed by atoms with Crippen LogP contribution in [0.2, 0.25) is 0 Å². The quantitative estimate of drug-likeness (QED) is 0.887. The largest absolute Gasteiger partial charge is 0.480 e. The number of aliphatic carboxylic acids is 1. The molecule has 2 rings (SSSR count). The van der Waals surface area contributed by atoms with Gasteiger partial charge in [-0.05, 0) is 43.0 Å². The molecule has 1 aromatic rings. The number of carboxylic acids is 1. The first-order chi connectivity index (χ1) is 9.31. The van der Waals surface area contributed by atoms with Gasteiger partial charge in [0.15, 0.2) is 0 Å². The average Bonchev–Trinajstić information content (AvgIpc) is 2.34. The molecule has 5 heteroatoms. The molecule has 0 saturated carbocycles. The van der Waals surface area contributed by atoms with Crippen LogP contribution in [0.5, 0.6) is 0 Å². The standard InChI is InChI=1S/C15H20N2O3/c1-8(2)14-15(20)17(7-13(18)19)12-6-10(4)9(3)5-11(12)16-14/h5-6,8,14,16H,7H2,1-4H3,(H,18,19). The third-order valence-corrected chi connectivity index (χ3v) is 3.71. The maximum absolute atomic E-state index is 12.5. The summed E-state index contributed by atoms with van der Waals surface area (Å²) in [6.07, 6.45) is 0. The molecule has 1 aliphatic rings. The maximum atomic E-state index is 12.5. The van der Waals surface area contributed by atoms with Crippen molar-refractivity contribution in [1.29, 1.82) is 0 Å². The lowest BCUT2D eigenvalue weighted by Gasteiger charge is -2.36. The van der Waals surface area contributed by atoms with Gasteiger partial charge in [0, 0.05) is 0 Å². The molecule has 5 nitrogen and oxygen atoms in total. The van der Waals surface area contributed by atoms with Gasteiger partial charge < -0.3 is 10.4 Å². The highest BCUT2D eigenvalue weighted by Gasteiger charge is 2.35. The van der Waals surface area contributed by atoms with Crippen LogP contribution in [0.3, 0.4) is 0 Å². The number of anilines is 2. The topological polar surface area (TPSA) is 69.6 Å². The number of nitrogens with zero attached hydrogens (tertiary/aromatic N) is 1. The molecule has 0 saturated heterocycles. The lowest BCUT2D eigenvalue weighted by atomic mass is 9.97. The number of amides is 1. The van der Waals surface area contributed by atoms with Crippen molar-refractivity contribution in [3.63, 3.8) is 0 Å². The van der Waals surface area contributed by atoms with Gasteiger partial charge in [0.2, 0.25) is 5.91 Å². The highest BCUT2D eigenvalue weighted by atomic mass is 16.4.